The van der Waals surface area contributed by atoms with E-state index >= 15 is 0 Å². The standard InChI is InChI=1S/C10H11FN2S/c1-13-9(6-12)7-14-10-4-2-8(11)3-5-10/h2-5,9,13H,7H2,1H3. The molecule has 1 aromatic rings. The quantitative estimate of drug-likeness (QED) is 0.772. The average molecular weight is 210 g/mol. The molecule has 0 spiro atoms. The van der Waals surface area contributed by atoms with E-state index < -0.39 is 0 Å². The summed E-state index contributed by atoms with van der Waals surface area (Å²) in [6, 6.07) is 8.23. The molecule has 0 aliphatic heterocycles. The van der Waals surface area contributed by atoms with Gasteiger partial charge in [-0.15, -0.1) is 11.8 Å². The number of halogens is 1. The zero-order valence-corrected chi connectivity index (χ0v) is 8.64. The zero-order valence-electron chi connectivity index (χ0n) is 7.83. The minimum atomic E-state index is -0.236. The van der Waals surface area contributed by atoms with E-state index in [1.165, 1.54) is 23.9 Å². The predicted molar refractivity (Wildman–Crippen MR) is 55.6 cm³/mol. The van der Waals surface area contributed by atoms with Gasteiger partial charge < -0.3 is 5.32 Å². The van der Waals surface area contributed by atoms with E-state index in [9.17, 15) is 4.39 Å². The lowest BCUT2D eigenvalue weighted by molar-refractivity contribution is 0.626. The van der Waals surface area contributed by atoms with Crippen LogP contribution in [0.25, 0.3) is 0 Å². The van der Waals surface area contributed by atoms with Gasteiger partial charge in [0.2, 0.25) is 0 Å². The van der Waals surface area contributed by atoms with Crippen molar-refractivity contribution in [3.8, 4) is 6.07 Å². The monoisotopic (exact) mass is 210 g/mol. The molecule has 1 aromatic carbocycles. The maximum atomic E-state index is 12.5. The van der Waals surface area contributed by atoms with E-state index in [0.29, 0.717) is 5.75 Å². The van der Waals surface area contributed by atoms with E-state index in [0.717, 1.165) is 4.90 Å². The number of rotatable bonds is 4. The second kappa shape index (κ2) is 5.63. The summed E-state index contributed by atoms with van der Waals surface area (Å²) in [5.41, 5.74) is 0. The van der Waals surface area contributed by atoms with Crippen molar-refractivity contribution < 1.29 is 4.39 Å². The third-order valence-electron chi connectivity index (χ3n) is 1.73. The van der Waals surface area contributed by atoms with Crippen molar-refractivity contribution in [1.82, 2.24) is 5.32 Å². The SMILES string of the molecule is CNC(C#N)CSc1ccc(F)cc1. The number of hydrogen-bond acceptors (Lipinski definition) is 3. The van der Waals surface area contributed by atoms with Crippen LogP contribution >= 0.6 is 11.8 Å². The summed E-state index contributed by atoms with van der Waals surface area (Å²) in [7, 11) is 1.75. The number of nitrogens with zero attached hydrogens (tertiary/aromatic N) is 1. The van der Waals surface area contributed by atoms with Crippen LogP contribution in [0.5, 0.6) is 0 Å². The van der Waals surface area contributed by atoms with Crippen LogP contribution in [0.4, 0.5) is 4.39 Å². The van der Waals surface area contributed by atoms with Gasteiger partial charge in [-0.05, 0) is 31.3 Å². The maximum Gasteiger partial charge on any atom is 0.123 e. The number of nitrogens with one attached hydrogen (secondary N) is 1. The molecule has 74 valence electrons. The molecule has 1 atom stereocenters. The summed E-state index contributed by atoms with van der Waals surface area (Å²) >= 11 is 1.53. The van der Waals surface area contributed by atoms with Crippen LogP contribution in [-0.2, 0) is 0 Å². The van der Waals surface area contributed by atoms with Gasteiger partial charge in [-0.1, -0.05) is 0 Å². The summed E-state index contributed by atoms with van der Waals surface area (Å²) < 4.78 is 12.5. The van der Waals surface area contributed by atoms with Gasteiger partial charge in [0.15, 0.2) is 0 Å². The molecule has 0 aromatic heterocycles. The molecule has 0 bridgehead atoms. The lowest BCUT2D eigenvalue weighted by atomic mass is 10.3. The summed E-state index contributed by atoms with van der Waals surface area (Å²) in [6.45, 7) is 0. The maximum absolute atomic E-state index is 12.5. The minimum absolute atomic E-state index is 0.162. The Morgan fingerprint density at radius 3 is 2.64 bits per heavy atom. The smallest absolute Gasteiger partial charge is 0.123 e. The Hall–Kier alpha value is -1.05. The van der Waals surface area contributed by atoms with Crippen molar-refractivity contribution in [2.75, 3.05) is 12.8 Å². The molecule has 1 N–H and O–H groups in total. The molecule has 2 nitrogen and oxygen atoms in total. The largest absolute Gasteiger partial charge is 0.304 e. The first-order chi connectivity index (χ1) is 6.76. The fourth-order valence-electron chi connectivity index (χ4n) is 0.896. The Bertz CT molecular complexity index is 318. The third kappa shape index (κ3) is 3.36. The van der Waals surface area contributed by atoms with Crippen molar-refractivity contribution in [2.45, 2.75) is 10.9 Å². The van der Waals surface area contributed by atoms with Gasteiger partial charge in [0.05, 0.1) is 6.07 Å². The zero-order chi connectivity index (χ0) is 10.4. The van der Waals surface area contributed by atoms with Gasteiger partial charge in [-0.2, -0.15) is 5.26 Å². The topological polar surface area (TPSA) is 35.8 Å². The van der Waals surface area contributed by atoms with Crippen LogP contribution in [0.15, 0.2) is 29.2 Å². The number of benzene rings is 1. The number of thioether (sulfide) groups is 1. The third-order valence-corrected chi connectivity index (χ3v) is 2.84. The van der Waals surface area contributed by atoms with Crippen molar-refractivity contribution in [2.24, 2.45) is 0 Å². The van der Waals surface area contributed by atoms with Crippen molar-refractivity contribution >= 4 is 11.8 Å². The Morgan fingerprint density at radius 2 is 2.14 bits per heavy atom. The Kier molecular flexibility index (Phi) is 4.44. The lowest BCUT2D eigenvalue weighted by Gasteiger charge is -2.06. The van der Waals surface area contributed by atoms with Crippen LogP contribution in [-0.4, -0.2) is 18.8 Å². The van der Waals surface area contributed by atoms with E-state index in [-0.39, 0.29) is 11.9 Å². The predicted octanol–water partition coefficient (Wildman–Crippen LogP) is 2.03. The molecule has 0 amide bonds. The van der Waals surface area contributed by atoms with Crippen LogP contribution in [0.2, 0.25) is 0 Å². The van der Waals surface area contributed by atoms with Crippen LogP contribution in [0, 0.1) is 17.1 Å². The summed E-state index contributed by atoms with van der Waals surface area (Å²) in [6.07, 6.45) is 0. The average Bonchev–Trinajstić information content (AvgIpc) is 2.22. The molecule has 14 heavy (non-hydrogen) atoms. The van der Waals surface area contributed by atoms with E-state index in [4.69, 9.17) is 5.26 Å². The van der Waals surface area contributed by atoms with Gasteiger partial charge in [0, 0.05) is 10.6 Å². The first kappa shape index (κ1) is 11.0. The molecular weight excluding hydrogens is 199 g/mol. The van der Waals surface area contributed by atoms with Gasteiger partial charge in [0.25, 0.3) is 0 Å². The molecule has 0 aliphatic carbocycles. The van der Waals surface area contributed by atoms with Crippen molar-refractivity contribution in [3.05, 3.63) is 30.1 Å². The molecule has 0 saturated heterocycles. The second-order valence-electron chi connectivity index (χ2n) is 2.74. The number of hydrogen-bond donors (Lipinski definition) is 1. The first-order valence-corrected chi connectivity index (χ1v) is 5.20. The Labute approximate surface area is 87.1 Å². The van der Waals surface area contributed by atoms with Crippen molar-refractivity contribution in [3.63, 3.8) is 0 Å². The first-order valence-electron chi connectivity index (χ1n) is 4.21. The summed E-state index contributed by atoms with van der Waals surface area (Å²) in [5.74, 6) is 0.429. The van der Waals surface area contributed by atoms with E-state index in [2.05, 4.69) is 11.4 Å². The fourth-order valence-corrected chi connectivity index (χ4v) is 1.82. The minimum Gasteiger partial charge on any atom is -0.304 e. The highest BCUT2D eigenvalue weighted by atomic mass is 32.2. The molecule has 1 unspecified atom stereocenters. The Morgan fingerprint density at radius 1 is 1.50 bits per heavy atom. The van der Waals surface area contributed by atoms with Crippen LogP contribution in [0.1, 0.15) is 0 Å². The highest BCUT2D eigenvalue weighted by Crippen LogP contribution is 2.18. The highest BCUT2D eigenvalue weighted by molar-refractivity contribution is 7.99. The molecule has 0 saturated carbocycles. The van der Waals surface area contributed by atoms with Crippen molar-refractivity contribution in [1.29, 1.82) is 5.26 Å². The van der Waals surface area contributed by atoms with Crippen LogP contribution < -0.4 is 5.32 Å². The molecular formula is C10H11FN2S. The van der Waals surface area contributed by atoms with Gasteiger partial charge in [-0.25, -0.2) is 4.39 Å². The normalized spacial score (nSPS) is 12.1. The fraction of sp³-hybridized carbons (Fsp3) is 0.300. The Balaban J connectivity index is 2.46. The molecule has 0 fully saturated rings. The molecule has 4 heteroatoms. The summed E-state index contributed by atoms with van der Waals surface area (Å²) in [4.78, 5) is 0.974. The number of nitriles is 1. The lowest BCUT2D eigenvalue weighted by Crippen LogP contribution is -2.25. The molecule has 0 radical (unpaired) electrons. The second-order valence-corrected chi connectivity index (χ2v) is 3.83. The van der Waals surface area contributed by atoms with Gasteiger partial charge in [-0.3, -0.25) is 0 Å². The van der Waals surface area contributed by atoms with E-state index in [1.807, 2.05) is 0 Å². The van der Waals surface area contributed by atoms with Gasteiger partial charge >= 0.3 is 0 Å². The van der Waals surface area contributed by atoms with Gasteiger partial charge in [0.1, 0.15) is 11.9 Å². The molecule has 1 rings (SSSR count). The highest BCUT2D eigenvalue weighted by Gasteiger charge is 2.04. The molecule has 0 heterocycles. The molecule has 0 aliphatic rings. The van der Waals surface area contributed by atoms with Crippen LogP contribution in [0.3, 0.4) is 0 Å². The summed E-state index contributed by atoms with van der Waals surface area (Å²) in [5, 5.41) is 11.5. The van der Waals surface area contributed by atoms with E-state index in [1.54, 1.807) is 19.2 Å².